The normalized spacial score (nSPS) is 11.5. The first-order valence-corrected chi connectivity index (χ1v) is 5.52. The molecule has 0 radical (unpaired) electrons. The molecule has 4 nitrogen and oxygen atoms in total. The maximum absolute atomic E-state index is 11.4. The van der Waals surface area contributed by atoms with Gasteiger partial charge in [0.05, 0.1) is 12.3 Å². The molecule has 13 heavy (non-hydrogen) atoms. The Morgan fingerprint density at radius 3 is 2.62 bits per heavy atom. The van der Waals surface area contributed by atoms with Crippen molar-refractivity contribution in [2.75, 3.05) is 33.1 Å². The highest BCUT2D eigenvalue weighted by Gasteiger charge is 2.15. The van der Waals surface area contributed by atoms with E-state index in [1.807, 2.05) is 0 Å². The maximum atomic E-state index is 11.4. The average molecular weight is 205 g/mol. The van der Waals surface area contributed by atoms with Crippen molar-refractivity contribution in [2.24, 2.45) is 0 Å². The molecule has 0 rings (SSSR count). The highest BCUT2D eigenvalue weighted by atomic mass is 32.2. The largest absolute Gasteiger partial charge is 0.385 e. The van der Waals surface area contributed by atoms with Crippen LogP contribution in [0, 0.1) is 12.3 Å². The molecule has 0 N–H and O–H groups in total. The van der Waals surface area contributed by atoms with Crippen molar-refractivity contribution in [3.8, 4) is 12.3 Å². The summed E-state index contributed by atoms with van der Waals surface area (Å²) in [5.41, 5.74) is 0. The van der Waals surface area contributed by atoms with Gasteiger partial charge in [-0.1, -0.05) is 5.92 Å². The van der Waals surface area contributed by atoms with E-state index in [0.717, 1.165) is 0 Å². The van der Waals surface area contributed by atoms with Crippen LogP contribution in [-0.4, -0.2) is 45.8 Å². The Kier molecular flexibility index (Phi) is 5.71. The molecule has 0 aromatic carbocycles. The van der Waals surface area contributed by atoms with Crippen LogP contribution < -0.4 is 0 Å². The highest BCUT2D eigenvalue weighted by Crippen LogP contribution is 1.99. The van der Waals surface area contributed by atoms with Crippen molar-refractivity contribution < 1.29 is 13.2 Å². The minimum atomic E-state index is -3.18. The third-order valence-corrected chi connectivity index (χ3v) is 3.42. The van der Waals surface area contributed by atoms with Crippen molar-refractivity contribution in [3.05, 3.63) is 0 Å². The summed E-state index contributed by atoms with van der Waals surface area (Å²) in [6.45, 7) is 0.568. The number of nitrogens with zero attached hydrogens (tertiary/aromatic N) is 1. The Labute approximate surface area is 79.9 Å². The van der Waals surface area contributed by atoms with Gasteiger partial charge in [0, 0.05) is 20.8 Å². The lowest BCUT2D eigenvalue weighted by Crippen LogP contribution is -2.29. The van der Waals surface area contributed by atoms with Gasteiger partial charge < -0.3 is 4.74 Å². The van der Waals surface area contributed by atoms with E-state index >= 15 is 0 Å². The lowest BCUT2D eigenvalue weighted by atomic mass is 10.5. The van der Waals surface area contributed by atoms with Crippen LogP contribution in [0.5, 0.6) is 0 Å². The van der Waals surface area contributed by atoms with Gasteiger partial charge in [0.1, 0.15) is 0 Å². The zero-order chi connectivity index (χ0) is 10.3. The topological polar surface area (TPSA) is 46.6 Å². The third kappa shape index (κ3) is 4.88. The van der Waals surface area contributed by atoms with Gasteiger partial charge >= 0.3 is 0 Å². The fourth-order valence-corrected chi connectivity index (χ4v) is 1.83. The number of methoxy groups -OCH3 is 1. The van der Waals surface area contributed by atoms with E-state index in [2.05, 4.69) is 5.92 Å². The van der Waals surface area contributed by atoms with Gasteiger partial charge in [0.2, 0.25) is 10.0 Å². The Balaban J connectivity index is 4.01. The number of hydrogen-bond acceptors (Lipinski definition) is 3. The van der Waals surface area contributed by atoms with Crippen LogP contribution in [0.4, 0.5) is 0 Å². The van der Waals surface area contributed by atoms with Gasteiger partial charge in [0.15, 0.2) is 0 Å². The fourth-order valence-electron chi connectivity index (χ4n) is 0.768. The number of hydrogen-bond donors (Lipinski definition) is 0. The molecule has 0 amide bonds. The SMILES string of the molecule is C#CCN(C)S(=O)(=O)CCCOC. The fraction of sp³-hybridized carbons (Fsp3) is 0.750. The second-order valence-corrected chi connectivity index (χ2v) is 4.82. The lowest BCUT2D eigenvalue weighted by molar-refractivity contribution is 0.199. The van der Waals surface area contributed by atoms with Crippen LogP contribution in [0.3, 0.4) is 0 Å². The molecule has 76 valence electrons. The zero-order valence-corrected chi connectivity index (χ0v) is 8.80. The van der Waals surface area contributed by atoms with E-state index in [-0.39, 0.29) is 12.3 Å². The van der Waals surface area contributed by atoms with E-state index in [0.29, 0.717) is 13.0 Å². The smallest absolute Gasteiger partial charge is 0.214 e. The Morgan fingerprint density at radius 2 is 2.15 bits per heavy atom. The summed E-state index contributed by atoms with van der Waals surface area (Å²) in [6.07, 6.45) is 5.49. The molecule has 5 heteroatoms. The molecule has 0 heterocycles. The van der Waals surface area contributed by atoms with Crippen molar-refractivity contribution in [3.63, 3.8) is 0 Å². The van der Waals surface area contributed by atoms with Crippen LogP contribution >= 0.6 is 0 Å². The average Bonchev–Trinajstić information content (AvgIpc) is 2.05. The Hall–Kier alpha value is -0.570. The highest BCUT2D eigenvalue weighted by molar-refractivity contribution is 7.89. The minimum absolute atomic E-state index is 0.0824. The molecular weight excluding hydrogens is 190 g/mol. The third-order valence-electron chi connectivity index (χ3n) is 1.54. The molecule has 0 aliphatic carbocycles. The summed E-state index contributed by atoms with van der Waals surface area (Å²) >= 11 is 0. The molecule has 0 saturated heterocycles. The standard InChI is InChI=1S/C8H15NO3S/c1-4-6-9(2)13(10,11)8-5-7-12-3/h1H,5-8H2,2-3H3. The minimum Gasteiger partial charge on any atom is -0.385 e. The van der Waals surface area contributed by atoms with Crippen LogP contribution in [0.1, 0.15) is 6.42 Å². The molecule has 0 fully saturated rings. The zero-order valence-electron chi connectivity index (χ0n) is 7.99. The van der Waals surface area contributed by atoms with Gasteiger partial charge in [-0.3, -0.25) is 0 Å². The first-order chi connectivity index (χ1) is 6.04. The van der Waals surface area contributed by atoms with Crippen LogP contribution in [-0.2, 0) is 14.8 Å². The summed E-state index contributed by atoms with van der Waals surface area (Å²) in [7, 11) is -0.170. The van der Waals surface area contributed by atoms with Gasteiger partial charge in [0.25, 0.3) is 0 Å². The molecule has 0 aromatic heterocycles. The summed E-state index contributed by atoms with van der Waals surface area (Å²) in [5.74, 6) is 2.36. The van der Waals surface area contributed by atoms with Gasteiger partial charge in [-0.05, 0) is 6.42 Å². The van der Waals surface area contributed by atoms with Crippen molar-refractivity contribution in [1.29, 1.82) is 0 Å². The Bertz CT molecular complexity index is 266. The van der Waals surface area contributed by atoms with Gasteiger partial charge in [-0.2, -0.15) is 4.31 Å². The van der Waals surface area contributed by atoms with Crippen molar-refractivity contribution >= 4 is 10.0 Å². The Morgan fingerprint density at radius 1 is 1.54 bits per heavy atom. The van der Waals surface area contributed by atoms with E-state index in [1.54, 1.807) is 0 Å². The maximum Gasteiger partial charge on any atom is 0.214 e. The molecule has 0 atom stereocenters. The summed E-state index contributed by atoms with van der Waals surface area (Å²) in [4.78, 5) is 0. The predicted molar refractivity (Wildman–Crippen MR) is 51.7 cm³/mol. The molecular formula is C8H15NO3S. The lowest BCUT2D eigenvalue weighted by Gasteiger charge is -2.13. The quantitative estimate of drug-likeness (QED) is 0.450. The number of rotatable bonds is 6. The van der Waals surface area contributed by atoms with Crippen LogP contribution in [0.2, 0.25) is 0 Å². The van der Waals surface area contributed by atoms with Gasteiger partial charge in [-0.25, -0.2) is 8.42 Å². The first kappa shape index (κ1) is 12.4. The molecule has 0 aliphatic rings. The van der Waals surface area contributed by atoms with Crippen LogP contribution in [0.25, 0.3) is 0 Å². The summed E-state index contributed by atoms with van der Waals surface area (Å²) in [5, 5.41) is 0. The van der Waals surface area contributed by atoms with E-state index in [1.165, 1.54) is 18.5 Å². The van der Waals surface area contributed by atoms with Gasteiger partial charge in [-0.15, -0.1) is 6.42 Å². The summed E-state index contributed by atoms with van der Waals surface area (Å²) < 4.78 is 28.7. The second kappa shape index (κ2) is 5.97. The molecule has 0 saturated carbocycles. The monoisotopic (exact) mass is 205 g/mol. The predicted octanol–water partition coefficient (Wildman–Crippen LogP) is -0.0823. The van der Waals surface area contributed by atoms with E-state index < -0.39 is 10.0 Å². The molecule has 0 spiro atoms. The number of terminal acetylenes is 1. The molecule has 0 aliphatic heterocycles. The second-order valence-electron chi connectivity index (χ2n) is 2.62. The van der Waals surface area contributed by atoms with Crippen molar-refractivity contribution in [2.45, 2.75) is 6.42 Å². The molecule has 0 unspecified atom stereocenters. The molecule has 0 bridgehead atoms. The molecule has 0 aromatic rings. The van der Waals surface area contributed by atoms with Crippen LogP contribution in [0.15, 0.2) is 0 Å². The van der Waals surface area contributed by atoms with E-state index in [4.69, 9.17) is 11.2 Å². The number of sulfonamides is 1. The van der Waals surface area contributed by atoms with Crippen molar-refractivity contribution in [1.82, 2.24) is 4.31 Å². The van der Waals surface area contributed by atoms with E-state index in [9.17, 15) is 8.42 Å². The first-order valence-electron chi connectivity index (χ1n) is 3.91. The summed E-state index contributed by atoms with van der Waals surface area (Å²) in [6, 6.07) is 0. The number of ether oxygens (including phenoxy) is 1.